The summed E-state index contributed by atoms with van der Waals surface area (Å²) in [6, 6.07) is -0.272. The van der Waals surface area contributed by atoms with Crippen LogP contribution in [0.15, 0.2) is 0 Å². The van der Waals surface area contributed by atoms with Gasteiger partial charge in [-0.3, -0.25) is 9.59 Å². The van der Waals surface area contributed by atoms with E-state index in [2.05, 4.69) is 10.2 Å². The summed E-state index contributed by atoms with van der Waals surface area (Å²) >= 11 is 0. The first-order chi connectivity index (χ1) is 7.41. The first-order valence-electron chi connectivity index (χ1n) is 5.66. The van der Waals surface area contributed by atoms with Gasteiger partial charge in [0.05, 0.1) is 6.54 Å². The minimum Gasteiger partial charge on any atom is -0.343 e. The molecule has 5 heteroatoms. The van der Waals surface area contributed by atoms with E-state index in [-0.39, 0.29) is 30.4 Å². The number of carbonyl (C=O) groups excluding carboxylic acids is 2. The van der Waals surface area contributed by atoms with E-state index in [1.54, 1.807) is 11.8 Å². The van der Waals surface area contributed by atoms with Crippen molar-refractivity contribution in [2.24, 2.45) is 0 Å². The number of piperazine rings is 1. The molecule has 1 N–H and O–H groups in total. The van der Waals surface area contributed by atoms with Gasteiger partial charge in [0.25, 0.3) is 0 Å². The lowest BCUT2D eigenvalue weighted by atomic mass is 10.1. The molecule has 0 aromatic rings. The summed E-state index contributed by atoms with van der Waals surface area (Å²) in [6.07, 6.45) is 0.888. The zero-order chi connectivity index (χ0) is 12.3. The number of amides is 2. The van der Waals surface area contributed by atoms with Crippen LogP contribution in [0.5, 0.6) is 0 Å². The molecule has 1 fully saturated rings. The van der Waals surface area contributed by atoms with Crippen LogP contribution in [0, 0.1) is 0 Å². The van der Waals surface area contributed by atoms with Gasteiger partial charge in [0.1, 0.15) is 6.04 Å². The van der Waals surface area contributed by atoms with E-state index in [4.69, 9.17) is 0 Å². The Kier molecular flexibility index (Phi) is 4.29. The molecule has 2 atom stereocenters. The molecule has 1 rings (SSSR count). The molecule has 1 aliphatic heterocycles. The molecule has 0 aromatic heterocycles. The molecule has 1 heterocycles. The summed E-state index contributed by atoms with van der Waals surface area (Å²) in [7, 11) is 4.00. The summed E-state index contributed by atoms with van der Waals surface area (Å²) < 4.78 is 0. The molecule has 92 valence electrons. The van der Waals surface area contributed by atoms with Gasteiger partial charge in [0, 0.05) is 6.04 Å². The van der Waals surface area contributed by atoms with E-state index in [1.165, 1.54) is 0 Å². The molecule has 0 aliphatic carbocycles. The van der Waals surface area contributed by atoms with E-state index in [0.29, 0.717) is 0 Å². The molecule has 1 saturated heterocycles. The van der Waals surface area contributed by atoms with Gasteiger partial charge in [0.2, 0.25) is 11.8 Å². The Morgan fingerprint density at radius 1 is 1.50 bits per heavy atom. The van der Waals surface area contributed by atoms with Crippen LogP contribution in [0.25, 0.3) is 0 Å². The van der Waals surface area contributed by atoms with Crippen LogP contribution in [0.1, 0.15) is 20.3 Å². The van der Waals surface area contributed by atoms with Crippen LogP contribution < -0.4 is 5.32 Å². The molecule has 0 radical (unpaired) electrons. The third kappa shape index (κ3) is 3.20. The lowest BCUT2D eigenvalue weighted by molar-refractivity contribution is -0.145. The van der Waals surface area contributed by atoms with Crippen molar-refractivity contribution in [3.63, 3.8) is 0 Å². The lowest BCUT2D eigenvalue weighted by Gasteiger charge is -2.35. The van der Waals surface area contributed by atoms with Crippen molar-refractivity contribution in [3.05, 3.63) is 0 Å². The average Bonchev–Trinajstić information content (AvgIpc) is 2.19. The third-order valence-electron chi connectivity index (χ3n) is 2.87. The zero-order valence-electron chi connectivity index (χ0n) is 10.5. The van der Waals surface area contributed by atoms with Gasteiger partial charge >= 0.3 is 0 Å². The van der Waals surface area contributed by atoms with Gasteiger partial charge in [-0.2, -0.15) is 0 Å². The minimum atomic E-state index is -0.386. The standard InChI is InChI=1S/C11H21N3O2/c1-8(5-6-13(3)4)14-7-10(15)12-9(2)11(14)16/h8-9H,5-7H2,1-4H3,(H,12,15). The second-order valence-corrected chi connectivity index (χ2v) is 4.70. The highest BCUT2D eigenvalue weighted by Gasteiger charge is 2.32. The number of rotatable bonds is 4. The predicted molar refractivity (Wildman–Crippen MR) is 62.0 cm³/mol. The number of nitrogens with zero attached hydrogens (tertiary/aromatic N) is 2. The Labute approximate surface area is 96.8 Å². The topological polar surface area (TPSA) is 52.7 Å². The smallest absolute Gasteiger partial charge is 0.245 e. The normalized spacial score (nSPS) is 23.6. The van der Waals surface area contributed by atoms with Gasteiger partial charge in [-0.15, -0.1) is 0 Å². The van der Waals surface area contributed by atoms with Gasteiger partial charge in [0.15, 0.2) is 0 Å². The van der Waals surface area contributed by atoms with E-state index < -0.39 is 0 Å². The highest BCUT2D eigenvalue weighted by atomic mass is 16.2. The molecule has 0 aromatic carbocycles. The van der Waals surface area contributed by atoms with E-state index >= 15 is 0 Å². The van der Waals surface area contributed by atoms with Crippen molar-refractivity contribution in [1.82, 2.24) is 15.1 Å². The molecule has 0 saturated carbocycles. The number of nitrogens with one attached hydrogen (secondary N) is 1. The van der Waals surface area contributed by atoms with E-state index in [9.17, 15) is 9.59 Å². The molecule has 0 spiro atoms. The molecular formula is C11H21N3O2. The largest absolute Gasteiger partial charge is 0.343 e. The average molecular weight is 227 g/mol. The SMILES string of the molecule is CC1NC(=O)CN(C(C)CCN(C)C)C1=O. The first kappa shape index (κ1) is 13.0. The molecule has 2 amide bonds. The second-order valence-electron chi connectivity index (χ2n) is 4.70. The van der Waals surface area contributed by atoms with Crippen molar-refractivity contribution >= 4 is 11.8 Å². The van der Waals surface area contributed by atoms with Gasteiger partial charge in [-0.1, -0.05) is 0 Å². The van der Waals surface area contributed by atoms with Crippen molar-refractivity contribution in [2.45, 2.75) is 32.4 Å². The predicted octanol–water partition coefficient (Wildman–Crippen LogP) is -0.326. The van der Waals surface area contributed by atoms with Crippen LogP contribution in [0.2, 0.25) is 0 Å². The Morgan fingerprint density at radius 2 is 2.12 bits per heavy atom. The Bertz CT molecular complexity index is 278. The summed E-state index contributed by atoms with van der Waals surface area (Å²) in [5, 5.41) is 2.64. The van der Waals surface area contributed by atoms with Crippen molar-refractivity contribution in [2.75, 3.05) is 27.2 Å². The van der Waals surface area contributed by atoms with Crippen LogP contribution in [0.3, 0.4) is 0 Å². The lowest BCUT2D eigenvalue weighted by Crippen LogP contribution is -2.59. The van der Waals surface area contributed by atoms with E-state index in [1.807, 2.05) is 21.0 Å². The van der Waals surface area contributed by atoms with Crippen LogP contribution in [-0.4, -0.2) is 60.9 Å². The van der Waals surface area contributed by atoms with Crippen molar-refractivity contribution < 1.29 is 9.59 Å². The van der Waals surface area contributed by atoms with Crippen molar-refractivity contribution in [3.8, 4) is 0 Å². The molecule has 1 aliphatic rings. The molecule has 0 bridgehead atoms. The summed E-state index contributed by atoms with van der Waals surface area (Å²) in [5.41, 5.74) is 0. The first-order valence-corrected chi connectivity index (χ1v) is 5.66. The Morgan fingerprint density at radius 3 is 2.69 bits per heavy atom. The van der Waals surface area contributed by atoms with Crippen LogP contribution >= 0.6 is 0 Å². The highest BCUT2D eigenvalue weighted by molar-refractivity contribution is 5.94. The molecule has 16 heavy (non-hydrogen) atoms. The maximum absolute atomic E-state index is 11.9. The van der Waals surface area contributed by atoms with Gasteiger partial charge in [-0.05, 0) is 40.9 Å². The molecular weight excluding hydrogens is 206 g/mol. The van der Waals surface area contributed by atoms with Crippen LogP contribution in [0.4, 0.5) is 0 Å². The molecule has 5 nitrogen and oxygen atoms in total. The van der Waals surface area contributed by atoms with E-state index in [0.717, 1.165) is 13.0 Å². The maximum atomic E-state index is 11.9. The summed E-state index contributed by atoms with van der Waals surface area (Å²) in [4.78, 5) is 27.0. The quantitative estimate of drug-likeness (QED) is 0.716. The summed E-state index contributed by atoms with van der Waals surface area (Å²) in [5.74, 6) is -0.0466. The fourth-order valence-corrected chi connectivity index (χ4v) is 1.80. The Balaban J connectivity index is 2.56. The molecule has 2 unspecified atom stereocenters. The second kappa shape index (κ2) is 5.30. The number of hydrogen-bond donors (Lipinski definition) is 1. The third-order valence-corrected chi connectivity index (χ3v) is 2.87. The monoisotopic (exact) mass is 227 g/mol. The van der Waals surface area contributed by atoms with Crippen molar-refractivity contribution in [1.29, 1.82) is 0 Å². The van der Waals surface area contributed by atoms with Gasteiger partial charge in [-0.25, -0.2) is 0 Å². The number of hydrogen-bond acceptors (Lipinski definition) is 3. The fourth-order valence-electron chi connectivity index (χ4n) is 1.80. The highest BCUT2D eigenvalue weighted by Crippen LogP contribution is 2.10. The number of carbonyl (C=O) groups is 2. The minimum absolute atomic E-state index is 0.0193. The summed E-state index contributed by atoms with van der Waals surface area (Å²) in [6.45, 7) is 4.83. The Hall–Kier alpha value is -1.10. The van der Waals surface area contributed by atoms with Gasteiger partial charge < -0.3 is 15.1 Å². The maximum Gasteiger partial charge on any atom is 0.245 e. The zero-order valence-corrected chi connectivity index (χ0v) is 10.5. The van der Waals surface area contributed by atoms with Crippen LogP contribution in [-0.2, 0) is 9.59 Å². The fraction of sp³-hybridized carbons (Fsp3) is 0.818.